The van der Waals surface area contributed by atoms with E-state index in [4.69, 9.17) is 9.47 Å². The Labute approximate surface area is 125 Å². The second-order valence-electron chi connectivity index (χ2n) is 5.62. The lowest BCUT2D eigenvalue weighted by Crippen LogP contribution is -2.49. The van der Waals surface area contributed by atoms with E-state index < -0.39 is 59.9 Å². The second kappa shape index (κ2) is 5.03. The lowest BCUT2D eigenvalue weighted by atomic mass is 9.78. The molecule has 3 aliphatic heterocycles. The van der Waals surface area contributed by atoms with Crippen LogP contribution in [0.2, 0.25) is 0 Å². The Hall–Kier alpha value is -2.00. The monoisotopic (exact) mass is 312 g/mol. The maximum absolute atomic E-state index is 12.4. The molecule has 2 N–H and O–H groups in total. The molecular formula is C13H16N2O7. The molecule has 3 heterocycles. The maximum Gasteiger partial charge on any atom is 0.303 e. The number of nitrogens with one attached hydrogen (secondary N) is 1. The number of hydrogen-bond acceptors (Lipinski definition) is 7. The fourth-order valence-electron chi connectivity index (χ4n) is 3.48. The fourth-order valence-corrected chi connectivity index (χ4v) is 3.48. The summed E-state index contributed by atoms with van der Waals surface area (Å²) >= 11 is 0. The van der Waals surface area contributed by atoms with Gasteiger partial charge < -0.3 is 19.9 Å². The predicted octanol–water partition coefficient (Wildman–Crippen LogP) is -2.59. The Balaban J connectivity index is 1.84. The molecule has 0 spiro atoms. The van der Waals surface area contributed by atoms with E-state index in [2.05, 4.69) is 5.32 Å². The predicted molar refractivity (Wildman–Crippen MR) is 68.0 cm³/mol. The van der Waals surface area contributed by atoms with E-state index in [-0.39, 0.29) is 6.54 Å². The van der Waals surface area contributed by atoms with Crippen molar-refractivity contribution in [3.63, 3.8) is 0 Å². The lowest BCUT2D eigenvalue weighted by Gasteiger charge is -2.28. The van der Waals surface area contributed by atoms with E-state index >= 15 is 0 Å². The molecule has 9 nitrogen and oxygen atoms in total. The number of rotatable bonds is 3. The fraction of sp³-hybridized carbons (Fsp3) is 0.692. The topological polar surface area (TPSA) is 122 Å². The first-order valence-corrected chi connectivity index (χ1v) is 6.93. The molecule has 120 valence electrons. The third-order valence-corrected chi connectivity index (χ3v) is 4.39. The van der Waals surface area contributed by atoms with Crippen LogP contribution < -0.4 is 5.32 Å². The number of carbonyl (C=O) groups is 4. The summed E-state index contributed by atoms with van der Waals surface area (Å²) in [5, 5.41) is 12.5. The van der Waals surface area contributed by atoms with Crippen LogP contribution in [-0.2, 0) is 28.7 Å². The van der Waals surface area contributed by atoms with Crippen molar-refractivity contribution in [3.05, 3.63) is 0 Å². The van der Waals surface area contributed by atoms with E-state index in [9.17, 15) is 24.3 Å². The summed E-state index contributed by atoms with van der Waals surface area (Å²) in [5.41, 5.74) is 0. The van der Waals surface area contributed by atoms with Crippen molar-refractivity contribution in [2.75, 3.05) is 13.6 Å². The third kappa shape index (κ3) is 1.92. The van der Waals surface area contributed by atoms with E-state index in [1.807, 2.05) is 0 Å². The van der Waals surface area contributed by atoms with Gasteiger partial charge in [-0.3, -0.25) is 24.1 Å². The number of hydrogen-bond donors (Lipinski definition) is 2. The molecule has 3 fully saturated rings. The zero-order valence-corrected chi connectivity index (χ0v) is 12.0. The number of esters is 1. The second-order valence-corrected chi connectivity index (χ2v) is 5.62. The van der Waals surface area contributed by atoms with Crippen molar-refractivity contribution in [3.8, 4) is 0 Å². The summed E-state index contributed by atoms with van der Waals surface area (Å²) in [7, 11) is 1.40. The molecule has 9 heteroatoms. The van der Waals surface area contributed by atoms with Gasteiger partial charge in [-0.1, -0.05) is 0 Å². The molecular weight excluding hydrogens is 296 g/mol. The molecule has 3 aliphatic rings. The van der Waals surface area contributed by atoms with Crippen LogP contribution in [0.4, 0.5) is 0 Å². The minimum atomic E-state index is -1.16. The van der Waals surface area contributed by atoms with Crippen LogP contribution in [0.1, 0.15) is 6.92 Å². The number of ether oxygens (including phenoxy) is 2. The summed E-state index contributed by atoms with van der Waals surface area (Å²) in [6.45, 7) is 0.824. The Morgan fingerprint density at radius 1 is 1.27 bits per heavy atom. The molecule has 4 unspecified atom stereocenters. The minimum absolute atomic E-state index is 0.366. The summed E-state index contributed by atoms with van der Waals surface area (Å²) in [6, 6.07) is 0. The summed E-state index contributed by atoms with van der Waals surface area (Å²) in [6.07, 6.45) is -3.89. The van der Waals surface area contributed by atoms with Crippen molar-refractivity contribution < 1.29 is 33.8 Å². The van der Waals surface area contributed by atoms with Crippen molar-refractivity contribution in [2.45, 2.75) is 31.3 Å². The SMILES string of the molecule is CNC(=O)CN1C(=O)C2C3O[C@@H](C2C1=O)[C@@H](O)C3OC(C)=O. The van der Waals surface area contributed by atoms with Crippen LogP contribution in [0.25, 0.3) is 0 Å². The van der Waals surface area contributed by atoms with E-state index in [1.54, 1.807) is 0 Å². The highest BCUT2D eigenvalue weighted by Crippen LogP contribution is 2.49. The number of carbonyl (C=O) groups excluding carboxylic acids is 4. The first-order chi connectivity index (χ1) is 10.4. The number of aliphatic hydroxyl groups is 1. The van der Waals surface area contributed by atoms with E-state index in [0.29, 0.717) is 0 Å². The van der Waals surface area contributed by atoms with Crippen LogP contribution in [0.5, 0.6) is 0 Å². The van der Waals surface area contributed by atoms with Gasteiger partial charge in [0, 0.05) is 14.0 Å². The molecule has 3 amide bonds. The van der Waals surface area contributed by atoms with Gasteiger partial charge in [0.2, 0.25) is 17.7 Å². The Kier molecular flexibility index (Phi) is 3.41. The molecule has 0 aromatic rings. The van der Waals surface area contributed by atoms with E-state index in [0.717, 1.165) is 4.90 Å². The van der Waals surface area contributed by atoms with Gasteiger partial charge in [0.1, 0.15) is 24.9 Å². The highest BCUT2D eigenvalue weighted by molar-refractivity contribution is 6.08. The molecule has 22 heavy (non-hydrogen) atoms. The number of nitrogens with zero attached hydrogens (tertiary/aromatic N) is 1. The summed E-state index contributed by atoms with van der Waals surface area (Å²) < 4.78 is 10.5. The molecule has 0 aliphatic carbocycles. The first-order valence-electron chi connectivity index (χ1n) is 6.93. The third-order valence-electron chi connectivity index (χ3n) is 4.39. The first kappa shape index (κ1) is 14.9. The van der Waals surface area contributed by atoms with Gasteiger partial charge in [0.15, 0.2) is 6.10 Å². The van der Waals surface area contributed by atoms with Gasteiger partial charge in [0.05, 0.1) is 11.8 Å². The molecule has 6 atom stereocenters. The van der Waals surface area contributed by atoms with Crippen LogP contribution in [0.15, 0.2) is 0 Å². The zero-order chi connectivity index (χ0) is 16.2. The average Bonchev–Trinajstić information content (AvgIpc) is 3.06. The van der Waals surface area contributed by atoms with Gasteiger partial charge in [0.25, 0.3) is 0 Å². The molecule has 3 rings (SSSR count). The van der Waals surface area contributed by atoms with Gasteiger partial charge >= 0.3 is 5.97 Å². The van der Waals surface area contributed by atoms with Gasteiger partial charge in [-0.2, -0.15) is 0 Å². The Bertz CT molecular complexity index is 563. The minimum Gasteiger partial charge on any atom is -0.457 e. The van der Waals surface area contributed by atoms with Crippen molar-refractivity contribution >= 4 is 23.7 Å². The van der Waals surface area contributed by atoms with Crippen LogP contribution in [0.3, 0.4) is 0 Å². The number of aliphatic hydroxyl groups excluding tert-OH is 1. The van der Waals surface area contributed by atoms with Crippen molar-refractivity contribution in [1.82, 2.24) is 10.2 Å². The molecule has 3 saturated heterocycles. The van der Waals surface area contributed by atoms with E-state index in [1.165, 1.54) is 14.0 Å². The molecule has 2 bridgehead atoms. The standard InChI is InChI=1S/C13H16N2O7/c1-4(16)21-11-8(18)9-6-7(10(11)22-9)13(20)15(12(6)19)3-5(17)14-2/h6-11,18H,3H2,1-2H3,(H,14,17)/t6?,7?,8-,9+,10?,11?/m1/s1. The van der Waals surface area contributed by atoms with Crippen molar-refractivity contribution in [1.29, 1.82) is 0 Å². The summed E-state index contributed by atoms with van der Waals surface area (Å²) in [5.74, 6) is -3.79. The van der Waals surface area contributed by atoms with Crippen molar-refractivity contribution in [2.24, 2.45) is 11.8 Å². The largest absolute Gasteiger partial charge is 0.457 e. The highest BCUT2D eigenvalue weighted by Gasteiger charge is 2.69. The number of likely N-dealkylation sites (tertiary alicyclic amines) is 1. The molecule has 0 radical (unpaired) electrons. The van der Waals surface area contributed by atoms with Crippen LogP contribution in [-0.4, -0.2) is 71.7 Å². The number of fused-ring (bicyclic) bond motifs is 5. The molecule has 0 aromatic heterocycles. The Morgan fingerprint density at radius 2 is 1.86 bits per heavy atom. The van der Waals surface area contributed by atoms with Crippen LogP contribution >= 0.6 is 0 Å². The normalized spacial score (nSPS) is 39.1. The number of amides is 3. The molecule has 0 aromatic carbocycles. The van der Waals surface area contributed by atoms with Gasteiger partial charge in [-0.25, -0.2) is 0 Å². The van der Waals surface area contributed by atoms with Crippen LogP contribution in [0, 0.1) is 11.8 Å². The maximum atomic E-state index is 12.4. The highest BCUT2D eigenvalue weighted by atomic mass is 16.6. The summed E-state index contributed by atoms with van der Waals surface area (Å²) in [4.78, 5) is 48.1. The average molecular weight is 312 g/mol. The quantitative estimate of drug-likeness (QED) is 0.433. The number of imide groups is 1. The van der Waals surface area contributed by atoms with Gasteiger partial charge in [-0.15, -0.1) is 0 Å². The Morgan fingerprint density at radius 3 is 2.41 bits per heavy atom. The smallest absolute Gasteiger partial charge is 0.303 e. The van der Waals surface area contributed by atoms with Gasteiger partial charge in [-0.05, 0) is 0 Å². The zero-order valence-electron chi connectivity index (χ0n) is 12.0. The molecule has 0 saturated carbocycles. The number of likely N-dealkylation sites (N-methyl/N-ethyl adjacent to an activating group) is 1. The lowest BCUT2D eigenvalue weighted by molar-refractivity contribution is -0.157.